The maximum atomic E-state index is 12.0. The molecule has 8 heteroatoms. The lowest BCUT2D eigenvalue weighted by Gasteiger charge is -2.07. The Hall–Kier alpha value is -2.11. The van der Waals surface area contributed by atoms with E-state index in [4.69, 9.17) is 4.74 Å². The lowest BCUT2D eigenvalue weighted by molar-refractivity contribution is 0.410. The zero-order chi connectivity index (χ0) is 16.2. The number of aliphatic imine (C=N–C) groups is 1. The van der Waals surface area contributed by atoms with E-state index in [2.05, 4.69) is 41.1 Å². The van der Waals surface area contributed by atoms with Gasteiger partial charge in [-0.15, -0.1) is 9.24 Å². The third-order valence-corrected chi connectivity index (χ3v) is 3.97. The van der Waals surface area contributed by atoms with Crippen LogP contribution in [0, 0.1) is 0 Å². The summed E-state index contributed by atoms with van der Waals surface area (Å²) in [7, 11) is 4.55. The smallest absolute Gasteiger partial charge is 0.302 e. The molecule has 120 valence electrons. The van der Waals surface area contributed by atoms with Crippen molar-refractivity contribution in [3.8, 4) is 6.01 Å². The summed E-state index contributed by atoms with van der Waals surface area (Å²) < 4.78 is 5.62. The van der Waals surface area contributed by atoms with Gasteiger partial charge in [-0.05, 0) is 31.9 Å². The topological polar surface area (TPSA) is 83.5 Å². The molecule has 3 heterocycles. The predicted molar refractivity (Wildman–Crippen MR) is 93.0 cm³/mol. The Morgan fingerprint density at radius 2 is 2.48 bits per heavy atom. The van der Waals surface area contributed by atoms with Crippen molar-refractivity contribution in [3.05, 3.63) is 40.4 Å². The molecule has 1 aliphatic rings. The van der Waals surface area contributed by atoms with Gasteiger partial charge < -0.3 is 9.64 Å². The second kappa shape index (κ2) is 6.98. The number of fused-ring (bicyclic) bond motifs is 1. The fourth-order valence-electron chi connectivity index (χ4n) is 2.44. The number of nitrogens with zero attached hydrogens (tertiary/aromatic N) is 4. The predicted octanol–water partition coefficient (Wildman–Crippen LogP) is 1.19. The van der Waals surface area contributed by atoms with E-state index in [0.29, 0.717) is 16.7 Å². The third kappa shape index (κ3) is 3.81. The molecule has 1 N–H and O–H groups in total. The van der Waals surface area contributed by atoms with E-state index < -0.39 is 0 Å². The van der Waals surface area contributed by atoms with E-state index in [1.165, 1.54) is 6.20 Å². The number of hydrogen-bond donors (Lipinski definition) is 1. The largest absolute Gasteiger partial charge is 0.424 e. The Labute approximate surface area is 135 Å². The van der Waals surface area contributed by atoms with Gasteiger partial charge in [0.05, 0.1) is 29.4 Å². The molecule has 3 rings (SSSR count). The molecule has 2 aromatic rings. The van der Waals surface area contributed by atoms with Crippen molar-refractivity contribution in [2.75, 3.05) is 20.1 Å². The molecule has 0 saturated carbocycles. The van der Waals surface area contributed by atoms with Crippen LogP contribution in [-0.4, -0.2) is 52.2 Å². The molecule has 1 fully saturated rings. The Kier molecular flexibility index (Phi) is 4.79. The summed E-state index contributed by atoms with van der Waals surface area (Å²) >= 11 is 0. The summed E-state index contributed by atoms with van der Waals surface area (Å²) in [6.07, 6.45) is 5.79. The highest BCUT2D eigenvalue weighted by Crippen LogP contribution is 2.13. The molecule has 0 spiro atoms. The lowest BCUT2D eigenvalue weighted by atomic mass is 10.3. The van der Waals surface area contributed by atoms with Gasteiger partial charge in [-0.2, -0.15) is 4.98 Å². The van der Waals surface area contributed by atoms with Crippen molar-refractivity contribution in [1.82, 2.24) is 19.9 Å². The van der Waals surface area contributed by atoms with E-state index in [9.17, 15) is 4.79 Å². The number of ether oxygens (including phenoxy) is 1. The number of nitrogens with one attached hydrogen (secondary N) is 1. The molecule has 1 aliphatic heterocycles. The first-order valence-corrected chi connectivity index (χ1v) is 7.98. The van der Waals surface area contributed by atoms with Crippen LogP contribution in [0.1, 0.15) is 6.42 Å². The fraction of sp³-hybridized carbons (Fsp3) is 0.333. The van der Waals surface area contributed by atoms with E-state index in [-0.39, 0.29) is 17.6 Å². The normalized spacial score (nSPS) is 19.7. The van der Waals surface area contributed by atoms with Gasteiger partial charge in [-0.25, -0.2) is 0 Å². The highest BCUT2D eigenvalue weighted by atomic mass is 31.0. The maximum Gasteiger partial charge on any atom is 0.302 e. The minimum absolute atomic E-state index is 0.124. The number of H-pyrrole nitrogens is 1. The average molecular weight is 331 g/mol. The number of pyridine rings is 1. The minimum atomic E-state index is -0.259. The Balaban J connectivity index is 1.77. The first-order chi connectivity index (χ1) is 11.2. The monoisotopic (exact) mass is 331 g/mol. The van der Waals surface area contributed by atoms with Gasteiger partial charge in [0.2, 0.25) is 0 Å². The summed E-state index contributed by atoms with van der Waals surface area (Å²) in [5.41, 5.74) is 0.230. The number of likely N-dealkylation sites (N-methyl/N-ethyl adjacent to an activating group) is 1. The molecule has 0 amide bonds. The molecule has 23 heavy (non-hydrogen) atoms. The van der Waals surface area contributed by atoms with E-state index in [0.717, 1.165) is 19.5 Å². The van der Waals surface area contributed by atoms with Crippen molar-refractivity contribution < 1.29 is 4.74 Å². The molecule has 1 saturated heterocycles. The third-order valence-electron chi connectivity index (χ3n) is 3.64. The molecule has 0 aromatic carbocycles. The number of rotatable bonds is 4. The van der Waals surface area contributed by atoms with E-state index >= 15 is 0 Å². The molecular formula is C15H18N5O2P. The quantitative estimate of drug-likeness (QED) is 0.517. The average Bonchev–Trinajstić information content (AvgIpc) is 2.97. The van der Waals surface area contributed by atoms with Crippen molar-refractivity contribution >= 4 is 26.4 Å². The van der Waals surface area contributed by atoms with Gasteiger partial charge in [0.1, 0.15) is 5.76 Å². The molecule has 0 bridgehead atoms. The standard InChI is InChI=1S/C15H18N5O2P/c1-20-5-3-10(8-20)17-6-11(9-23)22-15-18-13-7-16-4-2-12(13)14(21)19-15/h2,4,6-7,9-10H,3,5,8,23H2,1H3,(H,18,19,21)/t10-/m0/s1. The van der Waals surface area contributed by atoms with Crippen LogP contribution >= 0.6 is 9.24 Å². The van der Waals surface area contributed by atoms with Crippen molar-refractivity contribution in [1.29, 1.82) is 0 Å². The second-order valence-corrected chi connectivity index (χ2v) is 5.75. The van der Waals surface area contributed by atoms with Crippen LogP contribution in [0.5, 0.6) is 6.01 Å². The molecular weight excluding hydrogens is 313 g/mol. The van der Waals surface area contributed by atoms with Crippen LogP contribution in [0.15, 0.2) is 39.8 Å². The maximum absolute atomic E-state index is 12.0. The molecule has 0 aliphatic carbocycles. The number of likely N-dealkylation sites (tertiary alicyclic amines) is 1. The Bertz CT molecular complexity index is 817. The van der Waals surface area contributed by atoms with Gasteiger partial charge >= 0.3 is 6.01 Å². The van der Waals surface area contributed by atoms with Gasteiger partial charge in [0, 0.05) is 12.7 Å². The van der Waals surface area contributed by atoms with Gasteiger partial charge in [-0.1, -0.05) is 0 Å². The molecule has 0 radical (unpaired) electrons. The minimum Gasteiger partial charge on any atom is -0.424 e. The SMILES string of the molecule is CN1CC[C@H](N=CC(=CP)Oc2nc3cnccc3c(=O)[nH]2)C1. The van der Waals surface area contributed by atoms with Gasteiger partial charge in [0.25, 0.3) is 5.56 Å². The van der Waals surface area contributed by atoms with Crippen LogP contribution in [0.4, 0.5) is 0 Å². The number of aromatic amines is 1. The summed E-state index contributed by atoms with van der Waals surface area (Å²) in [5, 5.41) is 0.478. The summed E-state index contributed by atoms with van der Waals surface area (Å²) in [6, 6.07) is 2.02. The van der Waals surface area contributed by atoms with Crippen LogP contribution < -0.4 is 10.3 Å². The number of aromatic nitrogens is 3. The molecule has 7 nitrogen and oxygen atoms in total. The van der Waals surface area contributed by atoms with Crippen molar-refractivity contribution in [2.45, 2.75) is 12.5 Å². The molecule has 2 atom stereocenters. The summed E-state index contributed by atoms with van der Waals surface area (Å²) in [6.45, 7) is 1.99. The summed E-state index contributed by atoms with van der Waals surface area (Å²) in [4.78, 5) is 29.6. The lowest BCUT2D eigenvalue weighted by Crippen LogP contribution is -2.16. The second-order valence-electron chi connectivity index (χ2n) is 5.42. The number of hydrogen-bond acceptors (Lipinski definition) is 6. The van der Waals surface area contributed by atoms with E-state index in [1.807, 2.05) is 0 Å². The zero-order valence-corrected chi connectivity index (χ0v) is 13.9. The molecule has 2 aromatic heterocycles. The number of allylic oxidation sites excluding steroid dienone is 1. The summed E-state index contributed by atoms with van der Waals surface area (Å²) in [5.74, 6) is 2.21. The van der Waals surface area contributed by atoms with Crippen molar-refractivity contribution in [2.24, 2.45) is 4.99 Å². The van der Waals surface area contributed by atoms with Crippen LogP contribution in [0.2, 0.25) is 0 Å². The molecule has 1 unspecified atom stereocenters. The van der Waals surface area contributed by atoms with Crippen LogP contribution in [0.25, 0.3) is 10.9 Å². The van der Waals surface area contributed by atoms with E-state index in [1.54, 1.807) is 24.3 Å². The van der Waals surface area contributed by atoms with Crippen LogP contribution in [-0.2, 0) is 0 Å². The first-order valence-electron chi connectivity index (χ1n) is 7.31. The van der Waals surface area contributed by atoms with Gasteiger partial charge in [0.15, 0.2) is 0 Å². The zero-order valence-electron chi connectivity index (χ0n) is 12.8. The highest BCUT2D eigenvalue weighted by Gasteiger charge is 2.17. The Morgan fingerprint density at radius 1 is 1.61 bits per heavy atom. The fourth-order valence-corrected chi connectivity index (χ4v) is 2.60. The van der Waals surface area contributed by atoms with Crippen molar-refractivity contribution in [3.63, 3.8) is 0 Å². The first kappa shape index (κ1) is 15.8. The van der Waals surface area contributed by atoms with Gasteiger partial charge in [-0.3, -0.25) is 19.8 Å². The van der Waals surface area contributed by atoms with Crippen LogP contribution in [0.3, 0.4) is 0 Å². The Morgan fingerprint density at radius 3 is 3.22 bits per heavy atom. The highest BCUT2D eigenvalue weighted by molar-refractivity contribution is 7.20.